The van der Waals surface area contributed by atoms with Crippen LogP contribution in [0.1, 0.15) is 89.5 Å². The Morgan fingerprint density at radius 1 is 0.946 bits per heavy atom. The van der Waals surface area contributed by atoms with Crippen LogP contribution in [0, 0.1) is 23.2 Å². The van der Waals surface area contributed by atoms with Crippen LogP contribution in [0.15, 0.2) is 79.1 Å². The molecule has 6 rings (SSSR count). The Balaban J connectivity index is 1.10. The smallest absolute Gasteiger partial charge is 0.416 e. The molecular formula is C43H42F3N5O5. The molecule has 56 heavy (non-hydrogen) atoms. The second-order valence-electron chi connectivity index (χ2n) is 14.3. The lowest BCUT2D eigenvalue weighted by Crippen LogP contribution is -2.35. The number of halogens is 3. The summed E-state index contributed by atoms with van der Waals surface area (Å²) in [6, 6.07) is 16.1. The van der Waals surface area contributed by atoms with Gasteiger partial charge in [-0.2, -0.15) is 18.4 Å². The summed E-state index contributed by atoms with van der Waals surface area (Å²) in [4.78, 5) is 48.5. The fraction of sp³-hybridized carbons (Fsp3) is 0.349. The number of carbonyl (C=O) groups is 3. The molecule has 1 fully saturated rings. The second-order valence-corrected chi connectivity index (χ2v) is 14.3. The van der Waals surface area contributed by atoms with E-state index in [4.69, 9.17) is 4.74 Å². The Labute approximate surface area is 323 Å². The molecule has 2 amide bonds. The van der Waals surface area contributed by atoms with E-state index in [1.807, 2.05) is 18.5 Å². The van der Waals surface area contributed by atoms with Crippen LogP contribution >= 0.6 is 0 Å². The van der Waals surface area contributed by atoms with Crippen molar-refractivity contribution in [2.24, 2.45) is 11.8 Å². The third kappa shape index (κ3) is 9.79. The van der Waals surface area contributed by atoms with Crippen LogP contribution < -0.4 is 10.1 Å². The molecule has 13 heteroatoms. The Morgan fingerprint density at radius 3 is 2.30 bits per heavy atom. The molecule has 1 unspecified atom stereocenters. The van der Waals surface area contributed by atoms with Gasteiger partial charge in [0.05, 0.1) is 30.2 Å². The lowest BCUT2D eigenvalue weighted by Gasteiger charge is -2.32. The second kappa shape index (κ2) is 17.6. The summed E-state index contributed by atoms with van der Waals surface area (Å²) in [6.07, 6.45) is 10.8. The van der Waals surface area contributed by atoms with E-state index in [1.54, 1.807) is 24.3 Å². The fourth-order valence-corrected chi connectivity index (χ4v) is 7.69. The van der Waals surface area contributed by atoms with Crippen LogP contribution in [0.4, 0.5) is 18.9 Å². The van der Waals surface area contributed by atoms with E-state index < -0.39 is 42.5 Å². The lowest BCUT2D eigenvalue weighted by atomic mass is 9.73. The van der Waals surface area contributed by atoms with Crippen LogP contribution in [0.25, 0.3) is 17.0 Å². The molecule has 290 valence electrons. The van der Waals surface area contributed by atoms with Crippen LogP contribution in [-0.2, 0) is 28.7 Å². The van der Waals surface area contributed by atoms with Gasteiger partial charge in [-0.25, -0.2) is 9.97 Å². The number of rotatable bonds is 12. The fourth-order valence-electron chi connectivity index (χ4n) is 7.69. The topological polar surface area (TPSA) is 146 Å². The number of benzene rings is 3. The van der Waals surface area contributed by atoms with Gasteiger partial charge in [0.15, 0.2) is 5.82 Å². The number of amides is 2. The van der Waals surface area contributed by atoms with Gasteiger partial charge in [0.25, 0.3) is 5.91 Å². The lowest BCUT2D eigenvalue weighted by molar-refractivity contribution is -0.139. The average Bonchev–Trinajstić information content (AvgIpc) is 3.20. The molecule has 1 aromatic heterocycles. The first-order chi connectivity index (χ1) is 26.9. The highest BCUT2D eigenvalue weighted by Gasteiger charge is 2.34. The molecule has 0 saturated heterocycles. The van der Waals surface area contributed by atoms with Crippen molar-refractivity contribution >= 4 is 29.0 Å². The number of methoxy groups -OCH3 is 1. The van der Waals surface area contributed by atoms with E-state index in [-0.39, 0.29) is 34.7 Å². The molecule has 0 aliphatic heterocycles. The maximum absolute atomic E-state index is 13.7. The minimum absolute atomic E-state index is 0.0146. The zero-order valence-corrected chi connectivity index (χ0v) is 30.9. The number of carboxylic acid groups (broad SMARTS) is 1. The molecule has 1 heterocycles. The van der Waals surface area contributed by atoms with Crippen molar-refractivity contribution in [3.05, 3.63) is 113 Å². The molecule has 3 aromatic carbocycles. The highest BCUT2D eigenvalue weighted by molar-refractivity contribution is 5.99. The van der Waals surface area contributed by atoms with Crippen LogP contribution in [-0.4, -0.2) is 51.4 Å². The molecule has 2 N–H and O–H groups in total. The molecule has 10 nitrogen and oxygen atoms in total. The third-order valence-electron chi connectivity index (χ3n) is 10.6. The first-order valence-electron chi connectivity index (χ1n) is 18.6. The van der Waals surface area contributed by atoms with Crippen LogP contribution in [0.2, 0.25) is 0 Å². The minimum Gasteiger partial charge on any atom is -0.497 e. The first-order valence-corrected chi connectivity index (χ1v) is 18.6. The van der Waals surface area contributed by atoms with Gasteiger partial charge in [0, 0.05) is 35.8 Å². The number of carboxylic acids is 1. The largest absolute Gasteiger partial charge is 0.497 e. The van der Waals surface area contributed by atoms with E-state index in [9.17, 15) is 37.9 Å². The van der Waals surface area contributed by atoms with Gasteiger partial charge >= 0.3 is 12.1 Å². The highest BCUT2D eigenvalue weighted by Crippen LogP contribution is 2.40. The predicted molar refractivity (Wildman–Crippen MR) is 203 cm³/mol. The number of allylic oxidation sites excluding steroid dienone is 2. The molecule has 0 radical (unpaired) electrons. The summed E-state index contributed by atoms with van der Waals surface area (Å²) >= 11 is 0. The molecule has 2 aliphatic carbocycles. The highest BCUT2D eigenvalue weighted by atomic mass is 19.4. The number of aliphatic carboxylic acids is 1. The predicted octanol–water partition coefficient (Wildman–Crippen LogP) is 8.71. The average molecular weight is 766 g/mol. The summed E-state index contributed by atoms with van der Waals surface area (Å²) < 4.78 is 45.8. The number of nitrogens with one attached hydrogen (secondary N) is 1. The SMILES string of the molecule is COc1ccc(CC(=O)Nc2ccc(C(=O)N(CC(=O)O)Cc3ccc(-c4ncc(C5=CCC(C6CCCCC6)CC5)cn4)cc3)c(C#N)c2)c(C(F)(F)F)c1. The molecule has 1 saturated carbocycles. The summed E-state index contributed by atoms with van der Waals surface area (Å²) in [5.41, 5.74) is 2.19. The van der Waals surface area contributed by atoms with Crippen molar-refractivity contribution in [1.29, 1.82) is 5.26 Å². The summed E-state index contributed by atoms with van der Waals surface area (Å²) in [6.45, 7) is -0.747. The third-order valence-corrected chi connectivity index (χ3v) is 10.6. The number of hydrogen-bond donors (Lipinski definition) is 2. The minimum atomic E-state index is -4.73. The van der Waals surface area contributed by atoms with Crippen molar-refractivity contribution in [2.75, 3.05) is 19.0 Å². The van der Waals surface area contributed by atoms with E-state index >= 15 is 0 Å². The Bertz CT molecular complexity index is 2140. The normalized spacial score (nSPS) is 16.0. The zero-order chi connectivity index (χ0) is 39.8. The number of alkyl halides is 3. The van der Waals surface area contributed by atoms with Gasteiger partial charge in [0.1, 0.15) is 18.4 Å². The van der Waals surface area contributed by atoms with Gasteiger partial charge < -0.3 is 20.1 Å². The maximum Gasteiger partial charge on any atom is 0.416 e. The van der Waals surface area contributed by atoms with Gasteiger partial charge in [0.2, 0.25) is 5.91 Å². The van der Waals surface area contributed by atoms with Gasteiger partial charge in [-0.3, -0.25) is 14.4 Å². The van der Waals surface area contributed by atoms with E-state index in [2.05, 4.69) is 21.4 Å². The molecular weight excluding hydrogens is 723 g/mol. The maximum atomic E-state index is 13.7. The summed E-state index contributed by atoms with van der Waals surface area (Å²) in [5, 5.41) is 22.0. The molecule has 0 spiro atoms. The Morgan fingerprint density at radius 2 is 1.68 bits per heavy atom. The quantitative estimate of drug-likeness (QED) is 0.146. The first kappa shape index (κ1) is 39.7. The Hall–Kier alpha value is -6.03. The number of aromatic nitrogens is 2. The molecule has 4 aromatic rings. The number of carbonyl (C=O) groups excluding carboxylic acids is 2. The van der Waals surface area contributed by atoms with E-state index in [0.717, 1.165) is 52.8 Å². The van der Waals surface area contributed by atoms with Gasteiger partial charge in [-0.1, -0.05) is 68.5 Å². The van der Waals surface area contributed by atoms with Crippen LogP contribution in [0.3, 0.4) is 0 Å². The number of ether oxygens (including phenoxy) is 1. The number of nitriles is 1. The van der Waals surface area contributed by atoms with Crippen molar-refractivity contribution in [3.8, 4) is 23.2 Å². The van der Waals surface area contributed by atoms with E-state index in [0.29, 0.717) is 11.4 Å². The van der Waals surface area contributed by atoms with Crippen LogP contribution in [0.5, 0.6) is 5.75 Å². The zero-order valence-electron chi connectivity index (χ0n) is 30.9. The van der Waals surface area contributed by atoms with Crippen molar-refractivity contribution < 1.29 is 37.4 Å². The molecule has 0 bridgehead atoms. The van der Waals surface area contributed by atoms with Crippen molar-refractivity contribution in [2.45, 2.75) is 70.5 Å². The number of hydrogen-bond acceptors (Lipinski definition) is 7. The molecule has 2 aliphatic rings. The van der Waals surface area contributed by atoms with Crippen molar-refractivity contribution in [1.82, 2.24) is 14.9 Å². The van der Waals surface area contributed by atoms with E-state index in [1.165, 1.54) is 75.5 Å². The van der Waals surface area contributed by atoms with Gasteiger partial charge in [-0.15, -0.1) is 0 Å². The number of nitrogens with zero attached hydrogens (tertiary/aromatic N) is 4. The number of anilines is 1. The van der Waals surface area contributed by atoms with Gasteiger partial charge in [-0.05, 0) is 78.1 Å². The summed E-state index contributed by atoms with van der Waals surface area (Å²) in [5.74, 6) is -0.647. The van der Waals surface area contributed by atoms with Crippen molar-refractivity contribution in [3.63, 3.8) is 0 Å². The Kier molecular flexibility index (Phi) is 12.5. The summed E-state index contributed by atoms with van der Waals surface area (Å²) in [7, 11) is 1.23. The monoisotopic (exact) mass is 765 g/mol. The molecule has 1 atom stereocenters. The standard InChI is InChI=1S/C43H42F3N5O5/c1-56-36-17-15-32(38(21-36)43(44,45)46)20-39(52)50-35-16-18-37(33(19-35)22-47)42(55)51(26-40(53)54)25-27-7-9-31(10-8-27)41-48-23-34(24-49-41)30-13-11-29(12-14-30)28-5-3-2-4-6-28/h7-10,13,15-19,21,23-24,28-29H,2-6,11-12,14,20,25-26H2,1H3,(H,50,52)(H,53,54).